The number of rotatable bonds is 3. The molecule has 31 heavy (non-hydrogen) atoms. The predicted molar refractivity (Wildman–Crippen MR) is 113 cm³/mol. The van der Waals surface area contributed by atoms with E-state index < -0.39 is 15.6 Å². The second-order valence-electron chi connectivity index (χ2n) is 8.60. The van der Waals surface area contributed by atoms with Crippen LogP contribution in [0.2, 0.25) is 0 Å². The summed E-state index contributed by atoms with van der Waals surface area (Å²) in [6, 6.07) is 4.80. The summed E-state index contributed by atoms with van der Waals surface area (Å²) in [7, 11) is -3.73. The second kappa shape index (κ2) is 7.72. The van der Waals surface area contributed by atoms with Crippen LogP contribution in [0.3, 0.4) is 0 Å². The number of piperidine rings is 1. The minimum atomic E-state index is -3.73. The zero-order valence-electron chi connectivity index (χ0n) is 17.8. The Morgan fingerprint density at radius 1 is 1.13 bits per heavy atom. The molecule has 0 aliphatic carbocycles. The van der Waals surface area contributed by atoms with E-state index in [1.165, 1.54) is 4.31 Å². The van der Waals surface area contributed by atoms with Gasteiger partial charge in [-0.2, -0.15) is 4.31 Å². The van der Waals surface area contributed by atoms with Crippen molar-refractivity contribution in [3.05, 3.63) is 41.5 Å². The Morgan fingerprint density at radius 2 is 1.94 bits per heavy atom. The first-order valence-corrected chi connectivity index (χ1v) is 12.2. The highest BCUT2D eigenvalue weighted by Crippen LogP contribution is 2.41. The Balaban J connectivity index is 1.49. The van der Waals surface area contributed by atoms with Gasteiger partial charge in [0.1, 0.15) is 24.6 Å². The van der Waals surface area contributed by atoms with E-state index in [-0.39, 0.29) is 17.4 Å². The van der Waals surface area contributed by atoms with E-state index in [0.29, 0.717) is 44.3 Å². The quantitative estimate of drug-likeness (QED) is 0.717. The van der Waals surface area contributed by atoms with Gasteiger partial charge in [-0.1, -0.05) is 13.8 Å². The molecule has 5 rings (SSSR count). The lowest BCUT2D eigenvalue weighted by molar-refractivity contribution is -0.0936. The Bertz CT molecular complexity index is 1100. The molecule has 1 fully saturated rings. The monoisotopic (exact) mass is 445 g/mol. The van der Waals surface area contributed by atoms with Crippen molar-refractivity contribution in [2.75, 3.05) is 32.9 Å². The SMILES string of the molecule is CC(C)c1ncc2c(n1)[C@@]1(CCCN(S(=O)(=O)c3ccc4c(c3)OCCO4)C1)OCC2. The average molecular weight is 446 g/mol. The maximum Gasteiger partial charge on any atom is 0.243 e. The van der Waals surface area contributed by atoms with E-state index in [4.69, 9.17) is 19.2 Å². The Morgan fingerprint density at radius 3 is 2.74 bits per heavy atom. The fraction of sp³-hybridized carbons (Fsp3) is 0.545. The third-order valence-electron chi connectivity index (χ3n) is 6.15. The first-order chi connectivity index (χ1) is 14.9. The minimum Gasteiger partial charge on any atom is -0.486 e. The van der Waals surface area contributed by atoms with Gasteiger partial charge in [0, 0.05) is 31.3 Å². The van der Waals surface area contributed by atoms with Crippen LogP contribution in [-0.2, 0) is 26.8 Å². The molecule has 1 aromatic heterocycles. The van der Waals surface area contributed by atoms with Crippen molar-refractivity contribution in [2.45, 2.75) is 49.5 Å². The van der Waals surface area contributed by atoms with Crippen molar-refractivity contribution < 1.29 is 22.6 Å². The molecule has 1 spiro atoms. The van der Waals surface area contributed by atoms with E-state index in [2.05, 4.69) is 18.8 Å². The maximum absolute atomic E-state index is 13.5. The van der Waals surface area contributed by atoms with Crippen LogP contribution >= 0.6 is 0 Å². The second-order valence-corrected chi connectivity index (χ2v) is 10.5. The maximum atomic E-state index is 13.5. The van der Waals surface area contributed by atoms with Gasteiger partial charge in [0.15, 0.2) is 11.5 Å². The zero-order chi connectivity index (χ0) is 21.6. The lowest BCUT2D eigenvalue weighted by atomic mass is 9.85. The third-order valence-corrected chi connectivity index (χ3v) is 7.99. The van der Waals surface area contributed by atoms with Gasteiger partial charge in [-0.15, -0.1) is 0 Å². The summed E-state index contributed by atoms with van der Waals surface area (Å²) < 4.78 is 46.0. The molecule has 0 amide bonds. The molecule has 0 radical (unpaired) electrons. The van der Waals surface area contributed by atoms with Crippen molar-refractivity contribution in [3.8, 4) is 11.5 Å². The number of fused-ring (bicyclic) bond motifs is 3. The lowest BCUT2D eigenvalue weighted by Gasteiger charge is -2.44. The van der Waals surface area contributed by atoms with E-state index in [9.17, 15) is 8.42 Å². The minimum absolute atomic E-state index is 0.186. The predicted octanol–water partition coefficient (Wildman–Crippen LogP) is 2.62. The number of hydrogen-bond donors (Lipinski definition) is 0. The van der Waals surface area contributed by atoms with Gasteiger partial charge in [-0.3, -0.25) is 0 Å². The Hall–Kier alpha value is -2.23. The third kappa shape index (κ3) is 3.58. The molecule has 0 saturated carbocycles. The van der Waals surface area contributed by atoms with Gasteiger partial charge < -0.3 is 14.2 Å². The number of hydrogen-bond acceptors (Lipinski definition) is 7. The molecule has 4 heterocycles. The van der Waals surface area contributed by atoms with Gasteiger partial charge >= 0.3 is 0 Å². The fourth-order valence-electron chi connectivity index (χ4n) is 4.53. The van der Waals surface area contributed by atoms with Crippen LogP contribution in [0.5, 0.6) is 11.5 Å². The number of aromatic nitrogens is 2. The van der Waals surface area contributed by atoms with Crippen LogP contribution in [0.1, 0.15) is 49.7 Å². The number of ether oxygens (including phenoxy) is 3. The van der Waals surface area contributed by atoms with Gasteiger partial charge in [-0.05, 0) is 37.0 Å². The smallest absolute Gasteiger partial charge is 0.243 e. The van der Waals surface area contributed by atoms with Gasteiger partial charge in [0.05, 0.1) is 17.2 Å². The summed E-state index contributed by atoms with van der Waals surface area (Å²) in [6.07, 6.45) is 4.06. The summed E-state index contributed by atoms with van der Waals surface area (Å²) in [5, 5.41) is 0. The molecular weight excluding hydrogens is 418 g/mol. The first-order valence-electron chi connectivity index (χ1n) is 10.8. The molecule has 2 aromatic rings. The van der Waals surface area contributed by atoms with Crippen molar-refractivity contribution >= 4 is 10.0 Å². The molecule has 0 N–H and O–H groups in total. The normalized spacial score (nSPS) is 23.7. The van der Waals surface area contributed by atoms with E-state index in [1.807, 2.05) is 6.20 Å². The molecule has 1 atom stereocenters. The van der Waals surface area contributed by atoms with E-state index in [1.54, 1.807) is 18.2 Å². The first kappa shape index (κ1) is 20.7. The number of sulfonamides is 1. The van der Waals surface area contributed by atoms with Crippen LogP contribution in [0.25, 0.3) is 0 Å². The van der Waals surface area contributed by atoms with Crippen LogP contribution < -0.4 is 9.47 Å². The highest BCUT2D eigenvalue weighted by molar-refractivity contribution is 7.89. The summed E-state index contributed by atoms with van der Waals surface area (Å²) in [5.41, 5.74) is 1.16. The van der Waals surface area contributed by atoms with Crippen molar-refractivity contribution in [1.29, 1.82) is 0 Å². The molecule has 3 aliphatic heterocycles. The van der Waals surface area contributed by atoms with Gasteiger partial charge in [-0.25, -0.2) is 18.4 Å². The molecule has 0 bridgehead atoms. The summed E-state index contributed by atoms with van der Waals surface area (Å²) in [5.74, 6) is 1.98. The van der Waals surface area contributed by atoms with Crippen molar-refractivity contribution in [3.63, 3.8) is 0 Å². The van der Waals surface area contributed by atoms with Gasteiger partial charge in [0.2, 0.25) is 10.0 Å². The number of benzene rings is 1. The van der Waals surface area contributed by atoms with Gasteiger partial charge in [0.25, 0.3) is 0 Å². The van der Waals surface area contributed by atoms with Crippen molar-refractivity contribution in [2.24, 2.45) is 0 Å². The summed E-state index contributed by atoms with van der Waals surface area (Å²) >= 11 is 0. The topological polar surface area (TPSA) is 90.9 Å². The standard InChI is InChI=1S/C22H27N3O5S/c1-15(2)21-23-13-16-6-9-30-22(20(16)24-21)7-3-8-25(14-22)31(26,27)17-4-5-18-19(12-17)29-11-10-28-18/h4-5,12-13,15H,3,6-11,14H2,1-2H3/t22-/m0/s1. The molecule has 0 unspecified atom stereocenters. The van der Waals surface area contributed by atoms with Crippen LogP contribution in [0, 0.1) is 0 Å². The molecular formula is C22H27N3O5S. The largest absolute Gasteiger partial charge is 0.486 e. The van der Waals surface area contributed by atoms with E-state index in [0.717, 1.165) is 29.9 Å². The molecule has 8 nitrogen and oxygen atoms in total. The molecule has 1 aromatic carbocycles. The summed E-state index contributed by atoms with van der Waals surface area (Å²) in [4.78, 5) is 9.55. The van der Waals surface area contributed by atoms with Crippen LogP contribution in [-0.4, -0.2) is 55.6 Å². The highest BCUT2D eigenvalue weighted by Gasteiger charge is 2.46. The molecule has 1 saturated heterocycles. The van der Waals surface area contributed by atoms with Crippen LogP contribution in [0.15, 0.2) is 29.3 Å². The number of nitrogens with zero attached hydrogens (tertiary/aromatic N) is 3. The highest BCUT2D eigenvalue weighted by atomic mass is 32.2. The van der Waals surface area contributed by atoms with Crippen molar-refractivity contribution in [1.82, 2.24) is 14.3 Å². The Kier molecular flexibility index (Phi) is 5.15. The van der Waals surface area contributed by atoms with Crippen LogP contribution in [0.4, 0.5) is 0 Å². The average Bonchev–Trinajstić information content (AvgIpc) is 2.79. The molecule has 166 valence electrons. The molecule has 3 aliphatic rings. The zero-order valence-corrected chi connectivity index (χ0v) is 18.7. The Labute approximate surface area is 182 Å². The molecule has 9 heteroatoms. The lowest BCUT2D eigenvalue weighted by Crippen LogP contribution is -2.52. The fourth-order valence-corrected chi connectivity index (χ4v) is 6.08. The summed E-state index contributed by atoms with van der Waals surface area (Å²) in [6.45, 7) is 6.20. The van der Waals surface area contributed by atoms with E-state index >= 15 is 0 Å².